The summed E-state index contributed by atoms with van der Waals surface area (Å²) in [5, 5.41) is 9.91. The highest BCUT2D eigenvalue weighted by Crippen LogP contribution is 2.35. The second-order valence-electron chi connectivity index (χ2n) is 11.1. The molecule has 3 aromatic heterocycles. The molecule has 2 N–H and O–H groups in total. The standard InChI is InChI=1S/C33H30F4N8O/c1-42-12-14-44(15-13-42)20-24-5-8-25(17-28(24)33(35,36)37)41-32(46)23-7-10-29(34)22(16-23)6-9-27-19-38-31-30(4-3-11-45(27)31)40-26-18-39-43(2)21-26/h3-5,7-8,10-11,16-19,21,40H,12-15,20H2,1-2H3,(H,41,46). The minimum absolute atomic E-state index is 0.0159. The van der Waals surface area contributed by atoms with E-state index in [0.717, 1.165) is 36.6 Å². The Balaban J connectivity index is 1.20. The third kappa shape index (κ3) is 6.88. The molecule has 1 aliphatic rings. The monoisotopic (exact) mass is 630 g/mol. The van der Waals surface area contributed by atoms with Gasteiger partial charge in [0.15, 0.2) is 5.65 Å². The highest BCUT2D eigenvalue weighted by molar-refractivity contribution is 6.04. The van der Waals surface area contributed by atoms with Gasteiger partial charge in [0.2, 0.25) is 0 Å². The van der Waals surface area contributed by atoms with Crippen molar-refractivity contribution in [2.75, 3.05) is 43.9 Å². The minimum atomic E-state index is -4.60. The van der Waals surface area contributed by atoms with Crippen molar-refractivity contribution in [3.05, 3.63) is 107 Å². The van der Waals surface area contributed by atoms with Crippen LogP contribution >= 0.6 is 0 Å². The first-order chi connectivity index (χ1) is 22.0. The number of carbonyl (C=O) groups is 1. The predicted octanol–water partition coefficient (Wildman–Crippen LogP) is 5.37. The lowest BCUT2D eigenvalue weighted by Crippen LogP contribution is -2.44. The summed E-state index contributed by atoms with van der Waals surface area (Å²) in [6.45, 7) is 3.06. The third-order valence-electron chi connectivity index (χ3n) is 7.74. The number of aryl methyl sites for hydroxylation is 1. The van der Waals surface area contributed by atoms with E-state index in [-0.39, 0.29) is 28.9 Å². The number of hydrogen-bond donors (Lipinski definition) is 2. The number of anilines is 3. The quantitative estimate of drug-likeness (QED) is 0.194. The molecule has 1 aliphatic heterocycles. The molecule has 0 atom stereocenters. The maximum atomic E-state index is 14.7. The van der Waals surface area contributed by atoms with E-state index >= 15 is 0 Å². The van der Waals surface area contributed by atoms with Gasteiger partial charge in [0.1, 0.15) is 11.5 Å². The van der Waals surface area contributed by atoms with E-state index in [1.165, 1.54) is 24.3 Å². The first-order valence-electron chi connectivity index (χ1n) is 14.5. The number of piperazine rings is 1. The predicted molar refractivity (Wildman–Crippen MR) is 166 cm³/mol. The van der Waals surface area contributed by atoms with E-state index in [1.807, 2.05) is 37.3 Å². The summed E-state index contributed by atoms with van der Waals surface area (Å²) in [6, 6.07) is 11.1. The van der Waals surface area contributed by atoms with Crippen LogP contribution in [0.2, 0.25) is 0 Å². The Hall–Kier alpha value is -5.19. The molecular formula is C33H30F4N8O. The topological polar surface area (TPSA) is 82.7 Å². The van der Waals surface area contributed by atoms with E-state index in [1.54, 1.807) is 27.7 Å². The van der Waals surface area contributed by atoms with Crippen LogP contribution in [0.1, 0.15) is 32.7 Å². The van der Waals surface area contributed by atoms with E-state index < -0.39 is 23.5 Å². The second kappa shape index (κ2) is 12.7. The van der Waals surface area contributed by atoms with Gasteiger partial charge in [-0.15, -0.1) is 0 Å². The molecule has 0 unspecified atom stereocenters. The Morgan fingerprint density at radius 3 is 2.52 bits per heavy atom. The second-order valence-corrected chi connectivity index (χ2v) is 11.1. The minimum Gasteiger partial charge on any atom is -0.350 e. The molecule has 0 saturated carbocycles. The molecule has 0 radical (unpaired) electrons. The van der Waals surface area contributed by atoms with Crippen LogP contribution in [-0.2, 0) is 19.8 Å². The molecule has 9 nitrogen and oxygen atoms in total. The van der Waals surface area contributed by atoms with Crippen molar-refractivity contribution in [2.24, 2.45) is 7.05 Å². The van der Waals surface area contributed by atoms with Crippen LogP contribution in [0.25, 0.3) is 5.65 Å². The summed E-state index contributed by atoms with van der Waals surface area (Å²) in [7, 11) is 3.79. The molecule has 1 amide bonds. The van der Waals surface area contributed by atoms with Gasteiger partial charge in [0.05, 0.1) is 34.9 Å². The highest BCUT2D eigenvalue weighted by atomic mass is 19.4. The van der Waals surface area contributed by atoms with Crippen LogP contribution < -0.4 is 10.6 Å². The molecule has 1 fully saturated rings. The van der Waals surface area contributed by atoms with Crippen molar-refractivity contribution in [2.45, 2.75) is 12.7 Å². The van der Waals surface area contributed by atoms with Gasteiger partial charge in [0, 0.05) is 63.4 Å². The lowest BCUT2D eigenvalue weighted by Gasteiger charge is -2.33. The molecular weight excluding hydrogens is 600 g/mol. The maximum Gasteiger partial charge on any atom is 0.416 e. The van der Waals surface area contributed by atoms with Crippen molar-refractivity contribution >= 4 is 28.6 Å². The maximum absolute atomic E-state index is 14.7. The largest absolute Gasteiger partial charge is 0.416 e. The smallest absolute Gasteiger partial charge is 0.350 e. The number of pyridine rings is 1. The number of nitrogens with one attached hydrogen (secondary N) is 2. The number of imidazole rings is 1. The van der Waals surface area contributed by atoms with Gasteiger partial charge in [-0.2, -0.15) is 18.3 Å². The number of halogens is 4. The summed E-state index contributed by atoms with van der Waals surface area (Å²) in [5.74, 6) is 4.33. The van der Waals surface area contributed by atoms with Gasteiger partial charge >= 0.3 is 6.18 Å². The van der Waals surface area contributed by atoms with Crippen molar-refractivity contribution in [1.82, 2.24) is 29.0 Å². The van der Waals surface area contributed by atoms with Crippen molar-refractivity contribution in [1.29, 1.82) is 0 Å². The Labute approximate surface area is 262 Å². The number of hydrogen-bond acceptors (Lipinski definition) is 6. The molecule has 0 aliphatic carbocycles. The van der Waals surface area contributed by atoms with Crippen LogP contribution in [0, 0.1) is 17.7 Å². The first-order valence-corrected chi connectivity index (χ1v) is 14.5. The molecule has 236 valence electrons. The fourth-order valence-corrected chi connectivity index (χ4v) is 5.24. The fourth-order valence-electron chi connectivity index (χ4n) is 5.24. The number of alkyl halides is 3. The van der Waals surface area contributed by atoms with Crippen LogP contribution in [-0.4, -0.2) is 68.1 Å². The van der Waals surface area contributed by atoms with Gasteiger partial charge in [-0.25, -0.2) is 9.37 Å². The lowest BCUT2D eigenvalue weighted by molar-refractivity contribution is -0.138. The third-order valence-corrected chi connectivity index (χ3v) is 7.74. The van der Waals surface area contributed by atoms with Crippen LogP contribution in [0.4, 0.5) is 34.6 Å². The molecule has 6 rings (SSSR count). The average Bonchev–Trinajstić information content (AvgIpc) is 3.64. The highest BCUT2D eigenvalue weighted by Gasteiger charge is 2.34. The van der Waals surface area contributed by atoms with Crippen molar-refractivity contribution in [3.8, 4) is 11.8 Å². The SMILES string of the molecule is CN1CCN(Cc2ccc(NC(=O)c3ccc(F)c(C#Cc4cnc5c(Nc6cnn(C)c6)cccn45)c3)cc2C(F)(F)F)CC1. The zero-order chi connectivity index (χ0) is 32.4. The van der Waals surface area contributed by atoms with Gasteiger partial charge in [-0.1, -0.05) is 12.0 Å². The van der Waals surface area contributed by atoms with Crippen LogP contribution in [0.5, 0.6) is 0 Å². The Morgan fingerprint density at radius 2 is 1.78 bits per heavy atom. The summed E-state index contributed by atoms with van der Waals surface area (Å²) in [6.07, 6.45) is 2.22. The summed E-state index contributed by atoms with van der Waals surface area (Å²) in [5.41, 5.74) is 1.88. The van der Waals surface area contributed by atoms with E-state index in [4.69, 9.17) is 0 Å². The fraction of sp³-hybridized carbons (Fsp3) is 0.242. The summed E-state index contributed by atoms with van der Waals surface area (Å²) < 4.78 is 60.2. The Morgan fingerprint density at radius 1 is 0.978 bits per heavy atom. The number of amides is 1. The number of fused-ring (bicyclic) bond motifs is 1. The van der Waals surface area contributed by atoms with Gasteiger partial charge < -0.3 is 15.5 Å². The Kier molecular flexibility index (Phi) is 8.48. The molecule has 0 spiro atoms. The first kappa shape index (κ1) is 30.8. The summed E-state index contributed by atoms with van der Waals surface area (Å²) >= 11 is 0. The number of carbonyl (C=O) groups excluding carboxylic acids is 1. The van der Waals surface area contributed by atoms with Crippen LogP contribution in [0.3, 0.4) is 0 Å². The number of benzene rings is 2. The number of likely N-dealkylation sites (N-methyl/N-ethyl adjacent to an activating group) is 1. The van der Waals surface area contributed by atoms with E-state index in [2.05, 4.69) is 37.5 Å². The lowest BCUT2D eigenvalue weighted by atomic mass is 10.0. The normalized spacial score (nSPS) is 14.2. The molecule has 46 heavy (non-hydrogen) atoms. The molecule has 5 aromatic rings. The van der Waals surface area contributed by atoms with Gasteiger partial charge in [-0.05, 0) is 61.0 Å². The van der Waals surface area contributed by atoms with Crippen molar-refractivity contribution < 1.29 is 22.4 Å². The molecule has 2 aromatic carbocycles. The Bertz CT molecular complexity index is 1960. The molecule has 1 saturated heterocycles. The summed E-state index contributed by atoms with van der Waals surface area (Å²) in [4.78, 5) is 21.6. The number of nitrogens with zero attached hydrogens (tertiary/aromatic N) is 6. The zero-order valence-electron chi connectivity index (χ0n) is 25.1. The number of aromatic nitrogens is 4. The van der Waals surface area contributed by atoms with E-state index in [9.17, 15) is 22.4 Å². The molecule has 0 bridgehead atoms. The van der Waals surface area contributed by atoms with Crippen LogP contribution in [0.15, 0.2) is 73.3 Å². The van der Waals surface area contributed by atoms with Crippen molar-refractivity contribution in [3.63, 3.8) is 0 Å². The van der Waals surface area contributed by atoms with Gasteiger partial charge in [-0.3, -0.25) is 18.8 Å². The molecule has 13 heteroatoms. The zero-order valence-corrected chi connectivity index (χ0v) is 25.1. The van der Waals surface area contributed by atoms with E-state index in [0.29, 0.717) is 24.4 Å². The molecule has 4 heterocycles. The average molecular weight is 631 g/mol. The van der Waals surface area contributed by atoms with Gasteiger partial charge in [0.25, 0.3) is 5.91 Å². The number of rotatable bonds is 6.